The predicted octanol–water partition coefficient (Wildman–Crippen LogP) is 2.01. The van der Waals surface area contributed by atoms with Gasteiger partial charge < -0.3 is 9.64 Å². The van der Waals surface area contributed by atoms with E-state index in [1.54, 1.807) is 30.2 Å². The maximum absolute atomic E-state index is 12.4. The molecule has 1 aliphatic rings. The van der Waals surface area contributed by atoms with E-state index in [0.29, 0.717) is 16.8 Å². The molecule has 1 heterocycles. The highest BCUT2D eigenvalue weighted by Gasteiger charge is 2.35. The third-order valence-corrected chi connectivity index (χ3v) is 3.47. The van der Waals surface area contributed by atoms with Gasteiger partial charge in [-0.15, -0.1) is 0 Å². The van der Waals surface area contributed by atoms with E-state index >= 15 is 0 Å². The van der Waals surface area contributed by atoms with Crippen molar-refractivity contribution in [2.75, 3.05) is 13.2 Å². The molecule has 0 bridgehead atoms. The second-order valence-corrected chi connectivity index (χ2v) is 5.06. The van der Waals surface area contributed by atoms with Crippen LogP contribution in [0.15, 0.2) is 22.9 Å². The third kappa shape index (κ3) is 3.53. The van der Waals surface area contributed by atoms with Crippen LogP contribution >= 0.6 is 15.9 Å². The number of hydrogen-bond donors (Lipinski definition) is 0. The average molecular weight is 327 g/mol. The summed E-state index contributed by atoms with van der Waals surface area (Å²) in [6.45, 7) is 2.07. The number of amides is 1. The number of carbonyl (C=O) groups is 2. The summed E-state index contributed by atoms with van der Waals surface area (Å²) in [6, 6.07) is 3.54. The fourth-order valence-corrected chi connectivity index (χ4v) is 2.22. The third-order valence-electron chi connectivity index (χ3n) is 2.84. The second kappa shape index (κ2) is 6.14. The Balaban J connectivity index is 2.13. The number of aromatic nitrogens is 1. The highest BCUT2D eigenvalue weighted by Crippen LogP contribution is 2.29. The lowest BCUT2D eigenvalue weighted by atomic mass is 10.2. The number of ether oxygens (including phenoxy) is 1. The van der Waals surface area contributed by atoms with Crippen LogP contribution in [0.5, 0.6) is 0 Å². The Hall–Kier alpha value is -1.43. The first kappa shape index (κ1) is 14.0. The van der Waals surface area contributed by atoms with Gasteiger partial charge in [-0.05, 0) is 47.8 Å². The molecule has 1 fully saturated rings. The number of rotatable bonds is 5. The van der Waals surface area contributed by atoms with E-state index in [1.165, 1.54) is 0 Å². The molecule has 1 aliphatic carbocycles. The summed E-state index contributed by atoms with van der Waals surface area (Å²) in [7, 11) is 0. The molecule has 0 aliphatic heterocycles. The minimum atomic E-state index is -0.372. The zero-order valence-electron chi connectivity index (χ0n) is 10.6. The molecule has 1 amide bonds. The van der Waals surface area contributed by atoms with Crippen LogP contribution < -0.4 is 0 Å². The first-order valence-electron chi connectivity index (χ1n) is 6.20. The summed E-state index contributed by atoms with van der Waals surface area (Å²) in [5, 5.41) is 0. The molecule has 2 rings (SSSR count). The fourth-order valence-electron chi connectivity index (χ4n) is 1.80. The van der Waals surface area contributed by atoms with E-state index in [-0.39, 0.29) is 24.5 Å². The van der Waals surface area contributed by atoms with Crippen molar-refractivity contribution in [2.24, 2.45) is 0 Å². The summed E-state index contributed by atoms with van der Waals surface area (Å²) >= 11 is 3.26. The molecule has 5 nitrogen and oxygen atoms in total. The van der Waals surface area contributed by atoms with Crippen LogP contribution in [0.3, 0.4) is 0 Å². The Labute approximate surface area is 120 Å². The molecule has 1 aromatic rings. The van der Waals surface area contributed by atoms with Crippen LogP contribution in [-0.4, -0.2) is 41.0 Å². The maximum Gasteiger partial charge on any atom is 0.325 e. The average Bonchev–Trinajstić information content (AvgIpc) is 3.20. The highest BCUT2D eigenvalue weighted by molar-refractivity contribution is 9.10. The monoisotopic (exact) mass is 326 g/mol. The topological polar surface area (TPSA) is 59.5 Å². The second-order valence-electron chi connectivity index (χ2n) is 4.31. The van der Waals surface area contributed by atoms with Crippen LogP contribution in [0, 0.1) is 0 Å². The van der Waals surface area contributed by atoms with Gasteiger partial charge in [-0.25, -0.2) is 4.98 Å². The summed E-state index contributed by atoms with van der Waals surface area (Å²) in [6.07, 6.45) is 3.47. The zero-order valence-corrected chi connectivity index (χ0v) is 12.2. The Kier molecular flexibility index (Phi) is 4.52. The van der Waals surface area contributed by atoms with Gasteiger partial charge in [0.2, 0.25) is 0 Å². The van der Waals surface area contributed by atoms with Gasteiger partial charge in [0.25, 0.3) is 5.91 Å². The molecular formula is C13H15BrN2O3. The molecule has 0 radical (unpaired) electrons. The van der Waals surface area contributed by atoms with Gasteiger partial charge in [0.1, 0.15) is 11.1 Å². The quantitative estimate of drug-likeness (QED) is 0.613. The summed E-state index contributed by atoms with van der Waals surface area (Å²) in [5.41, 5.74) is 0.471. The van der Waals surface area contributed by atoms with E-state index in [4.69, 9.17) is 4.74 Å². The van der Waals surface area contributed by atoms with Gasteiger partial charge >= 0.3 is 5.97 Å². The highest BCUT2D eigenvalue weighted by atomic mass is 79.9. The lowest BCUT2D eigenvalue weighted by molar-refractivity contribution is -0.144. The van der Waals surface area contributed by atoms with Crippen molar-refractivity contribution >= 4 is 27.8 Å². The van der Waals surface area contributed by atoms with Crippen LogP contribution in [0.2, 0.25) is 0 Å². The summed E-state index contributed by atoms with van der Waals surface area (Å²) in [4.78, 5) is 29.6. The molecular weight excluding hydrogens is 312 g/mol. The first-order valence-corrected chi connectivity index (χ1v) is 7.00. The van der Waals surface area contributed by atoms with Gasteiger partial charge in [0.05, 0.1) is 12.2 Å². The molecule has 19 heavy (non-hydrogen) atoms. The van der Waals surface area contributed by atoms with Crippen LogP contribution in [-0.2, 0) is 9.53 Å². The van der Waals surface area contributed by atoms with Crippen molar-refractivity contribution in [2.45, 2.75) is 25.8 Å². The lowest BCUT2D eigenvalue weighted by Crippen LogP contribution is -2.38. The Morgan fingerprint density at radius 2 is 2.26 bits per heavy atom. The molecule has 1 aromatic heterocycles. The van der Waals surface area contributed by atoms with Crippen molar-refractivity contribution in [3.8, 4) is 0 Å². The van der Waals surface area contributed by atoms with E-state index in [9.17, 15) is 9.59 Å². The molecule has 0 N–H and O–H groups in total. The van der Waals surface area contributed by atoms with Crippen LogP contribution in [0.4, 0.5) is 0 Å². The largest absolute Gasteiger partial charge is 0.465 e. The van der Waals surface area contributed by atoms with E-state index in [0.717, 1.165) is 12.8 Å². The Morgan fingerprint density at radius 3 is 2.84 bits per heavy atom. The number of pyridine rings is 1. The van der Waals surface area contributed by atoms with Crippen LogP contribution in [0.25, 0.3) is 0 Å². The van der Waals surface area contributed by atoms with Crippen molar-refractivity contribution in [3.05, 3.63) is 28.5 Å². The normalized spacial score (nSPS) is 14.0. The number of nitrogens with zero attached hydrogens (tertiary/aromatic N) is 2. The smallest absolute Gasteiger partial charge is 0.325 e. The van der Waals surface area contributed by atoms with Gasteiger partial charge in [0.15, 0.2) is 0 Å². The number of hydrogen-bond acceptors (Lipinski definition) is 4. The molecule has 1 saturated carbocycles. The summed E-state index contributed by atoms with van der Waals surface area (Å²) in [5.74, 6) is -0.557. The van der Waals surface area contributed by atoms with Crippen LogP contribution in [0.1, 0.15) is 30.1 Å². The Morgan fingerprint density at radius 1 is 1.53 bits per heavy atom. The fraction of sp³-hybridized carbons (Fsp3) is 0.462. The van der Waals surface area contributed by atoms with Crippen molar-refractivity contribution in [3.63, 3.8) is 0 Å². The molecule has 0 atom stereocenters. The van der Waals surface area contributed by atoms with Crippen molar-refractivity contribution in [1.82, 2.24) is 9.88 Å². The maximum atomic E-state index is 12.4. The van der Waals surface area contributed by atoms with E-state index in [2.05, 4.69) is 20.9 Å². The number of carbonyl (C=O) groups excluding carboxylic acids is 2. The molecule has 0 unspecified atom stereocenters. The minimum Gasteiger partial charge on any atom is -0.465 e. The predicted molar refractivity (Wildman–Crippen MR) is 72.6 cm³/mol. The molecule has 0 aromatic carbocycles. The molecule has 6 heteroatoms. The molecule has 0 saturated heterocycles. The lowest BCUT2D eigenvalue weighted by Gasteiger charge is -2.21. The van der Waals surface area contributed by atoms with E-state index < -0.39 is 0 Å². The van der Waals surface area contributed by atoms with Crippen molar-refractivity contribution in [1.29, 1.82) is 0 Å². The first-order chi connectivity index (χ1) is 9.13. The molecule has 0 spiro atoms. The standard InChI is InChI=1S/C13H15BrN2O3/c1-2-19-11(17)8-16(9-5-6-9)13(18)10-4-3-7-15-12(10)14/h3-4,7,9H,2,5-6,8H2,1H3. The summed E-state index contributed by atoms with van der Waals surface area (Å²) < 4.78 is 5.40. The zero-order chi connectivity index (χ0) is 13.8. The molecule has 102 valence electrons. The Bertz CT molecular complexity index is 489. The minimum absolute atomic E-state index is 0.00132. The van der Waals surface area contributed by atoms with Gasteiger partial charge in [-0.1, -0.05) is 0 Å². The number of esters is 1. The van der Waals surface area contributed by atoms with Gasteiger partial charge in [-0.2, -0.15) is 0 Å². The van der Waals surface area contributed by atoms with Gasteiger partial charge in [-0.3, -0.25) is 9.59 Å². The van der Waals surface area contributed by atoms with Gasteiger partial charge in [0, 0.05) is 12.2 Å². The SMILES string of the molecule is CCOC(=O)CN(C(=O)c1cccnc1Br)C1CC1. The van der Waals surface area contributed by atoms with E-state index in [1.807, 2.05) is 0 Å². The number of halogens is 1. The van der Waals surface area contributed by atoms with Crippen molar-refractivity contribution < 1.29 is 14.3 Å².